The van der Waals surface area contributed by atoms with E-state index in [0.717, 1.165) is 17.0 Å². The van der Waals surface area contributed by atoms with Crippen LogP contribution in [-0.4, -0.2) is 21.0 Å². The van der Waals surface area contributed by atoms with E-state index in [1.54, 1.807) is 0 Å². The molecule has 94 valence electrons. The number of nitrogens with zero attached hydrogens (tertiary/aromatic N) is 2. The van der Waals surface area contributed by atoms with Crippen LogP contribution in [0.15, 0.2) is 18.5 Å². The number of thiazole rings is 1. The number of anilines is 2. The van der Waals surface area contributed by atoms with Gasteiger partial charge in [-0.1, -0.05) is 6.92 Å². The van der Waals surface area contributed by atoms with E-state index in [2.05, 4.69) is 15.3 Å². The maximum atomic E-state index is 11.1. The molecule has 0 aliphatic carbocycles. The zero-order valence-corrected chi connectivity index (χ0v) is 10.9. The van der Waals surface area contributed by atoms with Gasteiger partial charge in [-0.3, -0.25) is 4.98 Å². The molecule has 0 radical (unpaired) electrons. The summed E-state index contributed by atoms with van der Waals surface area (Å²) in [6, 6.07) is 1.46. The number of aromatic nitrogens is 2. The normalized spacial score (nSPS) is 10.3. The van der Waals surface area contributed by atoms with Crippen molar-refractivity contribution in [3.63, 3.8) is 0 Å². The van der Waals surface area contributed by atoms with Crippen molar-refractivity contribution < 1.29 is 9.90 Å². The van der Waals surface area contributed by atoms with Crippen LogP contribution < -0.4 is 5.32 Å². The SMILES string of the molecule is CCc1nc(Nc2cnccc2C(=O)O)sc1C. The molecule has 0 atom stereocenters. The zero-order valence-electron chi connectivity index (χ0n) is 10.1. The molecule has 0 aromatic carbocycles. The van der Waals surface area contributed by atoms with Crippen LogP contribution in [0.3, 0.4) is 0 Å². The Morgan fingerprint density at radius 2 is 2.33 bits per heavy atom. The lowest BCUT2D eigenvalue weighted by Crippen LogP contribution is -2.03. The Labute approximate surface area is 109 Å². The van der Waals surface area contributed by atoms with Crippen molar-refractivity contribution in [3.05, 3.63) is 34.6 Å². The van der Waals surface area contributed by atoms with Gasteiger partial charge < -0.3 is 10.4 Å². The molecule has 6 heteroatoms. The second-order valence-corrected chi connectivity index (χ2v) is 4.93. The molecule has 2 rings (SSSR count). The molecule has 2 aromatic heterocycles. The van der Waals surface area contributed by atoms with E-state index in [9.17, 15) is 4.79 Å². The van der Waals surface area contributed by atoms with Crippen LogP contribution in [0.2, 0.25) is 0 Å². The Hall–Kier alpha value is -1.95. The van der Waals surface area contributed by atoms with Crippen LogP contribution in [0.5, 0.6) is 0 Å². The van der Waals surface area contributed by atoms with Gasteiger partial charge >= 0.3 is 5.97 Å². The first-order valence-corrected chi connectivity index (χ1v) is 6.34. The van der Waals surface area contributed by atoms with Crippen molar-refractivity contribution in [2.24, 2.45) is 0 Å². The van der Waals surface area contributed by atoms with Gasteiger partial charge in [0.1, 0.15) is 0 Å². The van der Waals surface area contributed by atoms with Crippen molar-refractivity contribution in [3.8, 4) is 0 Å². The first-order chi connectivity index (χ1) is 8.61. The van der Waals surface area contributed by atoms with Gasteiger partial charge in [-0.25, -0.2) is 9.78 Å². The molecular weight excluding hydrogens is 250 g/mol. The fourth-order valence-electron chi connectivity index (χ4n) is 1.61. The number of hydrogen-bond donors (Lipinski definition) is 2. The van der Waals surface area contributed by atoms with E-state index in [0.29, 0.717) is 10.8 Å². The second-order valence-electron chi connectivity index (χ2n) is 3.73. The van der Waals surface area contributed by atoms with E-state index < -0.39 is 5.97 Å². The van der Waals surface area contributed by atoms with Crippen LogP contribution in [0.1, 0.15) is 27.9 Å². The molecule has 0 amide bonds. The third-order valence-corrected chi connectivity index (χ3v) is 3.45. The van der Waals surface area contributed by atoms with Crippen molar-refractivity contribution in [2.45, 2.75) is 20.3 Å². The average molecular weight is 263 g/mol. The summed E-state index contributed by atoms with van der Waals surface area (Å²) in [5.74, 6) is -0.983. The number of hydrogen-bond acceptors (Lipinski definition) is 5. The Kier molecular flexibility index (Phi) is 3.57. The largest absolute Gasteiger partial charge is 0.478 e. The first-order valence-electron chi connectivity index (χ1n) is 5.52. The molecule has 2 N–H and O–H groups in total. The molecular formula is C12H13N3O2S. The summed E-state index contributed by atoms with van der Waals surface area (Å²) in [7, 11) is 0. The Morgan fingerprint density at radius 1 is 1.56 bits per heavy atom. The minimum absolute atomic E-state index is 0.191. The van der Waals surface area contributed by atoms with Gasteiger partial charge in [-0.2, -0.15) is 0 Å². The summed E-state index contributed by atoms with van der Waals surface area (Å²) in [6.07, 6.45) is 3.81. The van der Waals surface area contributed by atoms with Gasteiger partial charge in [0.05, 0.1) is 23.1 Å². The molecule has 0 bridgehead atoms. The second kappa shape index (κ2) is 5.14. The van der Waals surface area contributed by atoms with Crippen LogP contribution in [0.25, 0.3) is 0 Å². The van der Waals surface area contributed by atoms with Gasteiger partial charge in [-0.15, -0.1) is 11.3 Å². The molecule has 2 heterocycles. The van der Waals surface area contributed by atoms with Gasteiger partial charge in [-0.05, 0) is 19.4 Å². The van der Waals surface area contributed by atoms with E-state index >= 15 is 0 Å². The first kappa shape index (κ1) is 12.5. The molecule has 0 unspecified atom stereocenters. The molecule has 18 heavy (non-hydrogen) atoms. The van der Waals surface area contributed by atoms with Gasteiger partial charge in [0.2, 0.25) is 0 Å². The zero-order chi connectivity index (χ0) is 13.1. The lowest BCUT2D eigenvalue weighted by Gasteiger charge is -2.05. The van der Waals surface area contributed by atoms with E-state index in [1.807, 2.05) is 13.8 Å². The number of carboxylic acid groups (broad SMARTS) is 1. The van der Waals surface area contributed by atoms with Crippen molar-refractivity contribution >= 4 is 28.1 Å². The number of aryl methyl sites for hydroxylation is 2. The van der Waals surface area contributed by atoms with Crippen LogP contribution in [0, 0.1) is 6.92 Å². The molecule has 0 aliphatic rings. The number of nitrogens with one attached hydrogen (secondary N) is 1. The highest BCUT2D eigenvalue weighted by Crippen LogP contribution is 2.26. The van der Waals surface area contributed by atoms with E-state index in [4.69, 9.17) is 5.11 Å². The highest BCUT2D eigenvalue weighted by atomic mass is 32.1. The summed E-state index contributed by atoms with van der Waals surface area (Å²) in [5.41, 5.74) is 1.68. The lowest BCUT2D eigenvalue weighted by molar-refractivity contribution is 0.0698. The maximum absolute atomic E-state index is 11.1. The Bertz CT molecular complexity index is 580. The highest BCUT2D eigenvalue weighted by molar-refractivity contribution is 7.15. The summed E-state index contributed by atoms with van der Waals surface area (Å²) >= 11 is 1.51. The molecule has 0 spiro atoms. The number of rotatable bonds is 4. The molecule has 0 aliphatic heterocycles. The molecule has 0 saturated heterocycles. The average Bonchev–Trinajstić information content (AvgIpc) is 2.70. The van der Waals surface area contributed by atoms with Gasteiger partial charge in [0.15, 0.2) is 5.13 Å². The third kappa shape index (κ3) is 2.48. The maximum Gasteiger partial charge on any atom is 0.337 e. The number of aromatic carboxylic acids is 1. The monoisotopic (exact) mass is 263 g/mol. The predicted octanol–water partition coefficient (Wildman–Crippen LogP) is 2.85. The molecule has 0 saturated carbocycles. The lowest BCUT2D eigenvalue weighted by atomic mass is 10.2. The minimum atomic E-state index is -0.983. The van der Waals surface area contributed by atoms with Crippen molar-refractivity contribution in [2.75, 3.05) is 5.32 Å². The van der Waals surface area contributed by atoms with Crippen LogP contribution >= 0.6 is 11.3 Å². The van der Waals surface area contributed by atoms with E-state index in [1.165, 1.54) is 29.8 Å². The third-order valence-electron chi connectivity index (χ3n) is 2.52. The minimum Gasteiger partial charge on any atom is -0.478 e. The Balaban J connectivity index is 2.31. The molecule has 5 nitrogen and oxygen atoms in total. The smallest absolute Gasteiger partial charge is 0.337 e. The molecule has 0 fully saturated rings. The topological polar surface area (TPSA) is 75.1 Å². The summed E-state index contributed by atoms with van der Waals surface area (Å²) in [6.45, 7) is 4.04. The fraction of sp³-hybridized carbons (Fsp3) is 0.250. The predicted molar refractivity (Wildman–Crippen MR) is 70.7 cm³/mol. The van der Waals surface area contributed by atoms with Gasteiger partial charge in [0.25, 0.3) is 0 Å². The number of pyridine rings is 1. The number of carbonyl (C=O) groups is 1. The summed E-state index contributed by atoms with van der Waals surface area (Å²) < 4.78 is 0. The van der Waals surface area contributed by atoms with E-state index in [-0.39, 0.29) is 5.56 Å². The summed E-state index contributed by atoms with van der Waals surface area (Å²) in [4.78, 5) is 20.5. The van der Waals surface area contributed by atoms with Crippen LogP contribution in [0.4, 0.5) is 10.8 Å². The van der Waals surface area contributed by atoms with Gasteiger partial charge in [0, 0.05) is 11.1 Å². The Morgan fingerprint density at radius 3 is 2.94 bits per heavy atom. The van der Waals surface area contributed by atoms with Crippen molar-refractivity contribution in [1.82, 2.24) is 9.97 Å². The number of carboxylic acids is 1. The van der Waals surface area contributed by atoms with Crippen molar-refractivity contribution in [1.29, 1.82) is 0 Å². The highest BCUT2D eigenvalue weighted by Gasteiger charge is 2.12. The van der Waals surface area contributed by atoms with Crippen LogP contribution in [-0.2, 0) is 6.42 Å². The quantitative estimate of drug-likeness (QED) is 0.887. The summed E-state index contributed by atoms with van der Waals surface area (Å²) in [5, 5.41) is 12.8. The standard InChI is InChI=1S/C12H13N3O2S/c1-3-9-7(2)18-12(14-9)15-10-6-13-5-4-8(10)11(16)17/h4-6H,3H2,1-2H3,(H,14,15)(H,16,17). The fourth-order valence-corrected chi connectivity index (χ4v) is 2.52. The molecule has 2 aromatic rings.